The molecule has 0 aromatic heterocycles. The number of hydrogen-bond donors (Lipinski definition) is 1. The quantitative estimate of drug-likeness (QED) is 0.864. The highest BCUT2D eigenvalue weighted by Gasteiger charge is 2.16. The monoisotopic (exact) mass is 249 g/mol. The summed E-state index contributed by atoms with van der Waals surface area (Å²) in [5, 5.41) is 2.90. The second-order valence-corrected chi connectivity index (χ2v) is 4.47. The second kappa shape index (κ2) is 6.52. The number of amides is 1. The third kappa shape index (κ3) is 3.55. The van der Waals surface area contributed by atoms with Crippen molar-refractivity contribution in [2.45, 2.75) is 25.6 Å². The molecule has 2 rings (SSSR count). The van der Waals surface area contributed by atoms with Gasteiger partial charge in [0.25, 0.3) is 5.91 Å². The molecule has 0 unspecified atom stereocenters. The van der Waals surface area contributed by atoms with E-state index in [2.05, 4.69) is 5.32 Å². The smallest absolute Gasteiger partial charge is 0.251 e. The molecule has 0 spiro atoms. The SMILES string of the molecule is COCc1ccc(C(=O)NC[C@H]2CCCO2)cc1. The third-order valence-corrected chi connectivity index (χ3v) is 3.04. The Morgan fingerprint density at radius 1 is 1.44 bits per heavy atom. The van der Waals surface area contributed by atoms with Crippen molar-refractivity contribution in [2.24, 2.45) is 0 Å². The Kier molecular flexibility index (Phi) is 4.73. The molecule has 1 heterocycles. The summed E-state index contributed by atoms with van der Waals surface area (Å²) in [5.41, 5.74) is 1.74. The number of methoxy groups -OCH3 is 1. The maximum atomic E-state index is 11.9. The molecule has 1 N–H and O–H groups in total. The van der Waals surface area contributed by atoms with Crippen LogP contribution in [0.25, 0.3) is 0 Å². The molecular formula is C14H19NO3. The normalized spacial score (nSPS) is 18.8. The average molecular weight is 249 g/mol. The highest BCUT2D eigenvalue weighted by atomic mass is 16.5. The minimum absolute atomic E-state index is 0.0468. The van der Waals surface area contributed by atoms with Gasteiger partial charge in [-0.2, -0.15) is 0 Å². The summed E-state index contributed by atoms with van der Waals surface area (Å²) in [5.74, 6) is -0.0468. The van der Waals surface area contributed by atoms with Crippen LogP contribution in [-0.2, 0) is 16.1 Å². The third-order valence-electron chi connectivity index (χ3n) is 3.04. The van der Waals surface area contributed by atoms with Gasteiger partial charge in [-0.1, -0.05) is 12.1 Å². The summed E-state index contributed by atoms with van der Waals surface area (Å²) in [6, 6.07) is 7.45. The summed E-state index contributed by atoms with van der Waals surface area (Å²) in [7, 11) is 1.65. The van der Waals surface area contributed by atoms with E-state index in [0.29, 0.717) is 18.7 Å². The minimum Gasteiger partial charge on any atom is -0.380 e. The summed E-state index contributed by atoms with van der Waals surface area (Å²) >= 11 is 0. The van der Waals surface area contributed by atoms with E-state index in [9.17, 15) is 4.79 Å². The van der Waals surface area contributed by atoms with E-state index in [1.165, 1.54) is 0 Å². The van der Waals surface area contributed by atoms with Gasteiger partial charge in [0.05, 0.1) is 12.7 Å². The first-order valence-corrected chi connectivity index (χ1v) is 6.27. The average Bonchev–Trinajstić information content (AvgIpc) is 2.90. The van der Waals surface area contributed by atoms with Crippen molar-refractivity contribution in [3.05, 3.63) is 35.4 Å². The van der Waals surface area contributed by atoms with Gasteiger partial charge in [0.15, 0.2) is 0 Å². The van der Waals surface area contributed by atoms with Gasteiger partial charge in [0.2, 0.25) is 0 Å². The Bertz CT molecular complexity index is 383. The fourth-order valence-electron chi connectivity index (χ4n) is 2.03. The van der Waals surface area contributed by atoms with Crippen LogP contribution >= 0.6 is 0 Å². The number of benzene rings is 1. The van der Waals surface area contributed by atoms with Crippen molar-refractivity contribution in [2.75, 3.05) is 20.3 Å². The number of nitrogens with one attached hydrogen (secondary N) is 1. The first kappa shape index (κ1) is 13.1. The van der Waals surface area contributed by atoms with Crippen molar-refractivity contribution in [1.29, 1.82) is 0 Å². The molecule has 98 valence electrons. The van der Waals surface area contributed by atoms with E-state index < -0.39 is 0 Å². The number of carbonyl (C=O) groups excluding carboxylic acids is 1. The van der Waals surface area contributed by atoms with Gasteiger partial charge in [-0.05, 0) is 30.5 Å². The van der Waals surface area contributed by atoms with Gasteiger partial charge in [-0.25, -0.2) is 0 Å². The van der Waals surface area contributed by atoms with Crippen LogP contribution in [0.4, 0.5) is 0 Å². The molecule has 0 aliphatic carbocycles. The molecule has 1 fully saturated rings. The first-order chi connectivity index (χ1) is 8.79. The molecule has 1 aromatic rings. The van der Waals surface area contributed by atoms with Crippen LogP contribution in [0.1, 0.15) is 28.8 Å². The van der Waals surface area contributed by atoms with Crippen molar-refractivity contribution in [3.8, 4) is 0 Å². The predicted octanol–water partition coefficient (Wildman–Crippen LogP) is 1.74. The maximum absolute atomic E-state index is 11.9. The zero-order valence-electron chi connectivity index (χ0n) is 10.6. The Morgan fingerprint density at radius 2 is 2.22 bits per heavy atom. The molecule has 0 bridgehead atoms. The predicted molar refractivity (Wildman–Crippen MR) is 68.5 cm³/mol. The minimum atomic E-state index is -0.0468. The maximum Gasteiger partial charge on any atom is 0.251 e. The Hall–Kier alpha value is -1.39. The number of ether oxygens (including phenoxy) is 2. The summed E-state index contributed by atoms with van der Waals surface area (Å²) in [6.07, 6.45) is 2.31. The lowest BCUT2D eigenvalue weighted by atomic mass is 10.1. The second-order valence-electron chi connectivity index (χ2n) is 4.47. The van der Waals surface area contributed by atoms with Crippen molar-refractivity contribution in [1.82, 2.24) is 5.32 Å². The van der Waals surface area contributed by atoms with E-state index in [1.807, 2.05) is 24.3 Å². The molecule has 0 saturated carbocycles. The first-order valence-electron chi connectivity index (χ1n) is 6.27. The lowest BCUT2D eigenvalue weighted by Gasteiger charge is -2.11. The van der Waals surface area contributed by atoms with Gasteiger partial charge in [0.1, 0.15) is 0 Å². The number of carbonyl (C=O) groups is 1. The Labute approximate surface area is 107 Å². The van der Waals surface area contributed by atoms with E-state index in [1.54, 1.807) is 7.11 Å². The van der Waals surface area contributed by atoms with Crippen LogP contribution in [0.5, 0.6) is 0 Å². The van der Waals surface area contributed by atoms with E-state index in [4.69, 9.17) is 9.47 Å². The fraction of sp³-hybridized carbons (Fsp3) is 0.500. The highest BCUT2D eigenvalue weighted by molar-refractivity contribution is 5.94. The summed E-state index contributed by atoms with van der Waals surface area (Å²) in [4.78, 5) is 11.9. The van der Waals surface area contributed by atoms with Gasteiger partial charge in [0, 0.05) is 25.8 Å². The summed E-state index contributed by atoms with van der Waals surface area (Å²) in [6.45, 7) is 1.97. The van der Waals surface area contributed by atoms with Crippen LogP contribution in [0.2, 0.25) is 0 Å². The van der Waals surface area contributed by atoms with E-state index >= 15 is 0 Å². The zero-order chi connectivity index (χ0) is 12.8. The van der Waals surface area contributed by atoms with Crippen molar-refractivity contribution < 1.29 is 14.3 Å². The lowest BCUT2D eigenvalue weighted by Crippen LogP contribution is -2.31. The van der Waals surface area contributed by atoms with Gasteiger partial charge in [-0.3, -0.25) is 4.79 Å². The summed E-state index contributed by atoms with van der Waals surface area (Å²) < 4.78 is 10.5. The molecule has 1 aliphatic rings. The number of hydrogen-bond acceptors (Lipinski definition) is 3. The van der Waals surface area contributed by atoms with Crippen LogP contribution in [0, 0.1) is 0 Å². The molecule has 18 heavy (non-hydrogen) atoms. The van der Waals surface area contributed by atoms with Crippen LogP contribution < -0.4 is 5.32 Å². The van der Waals surface area contributed by atoms with Gasteiger partial charge < -0.3 is 14.8 Å². The molecule has 1 aliphatic heterocycles. The van der Waals surface area contributed by atoms with Gasteiger partial charge in [-0.15, -0.1) is 0 Å². The van der Waals surface area contributed by atoms with Gasteiger partial charge >= 0.3 is 0 Å². The number of rotatable bonds is 5. The molecule has 4 nitrogen and oxygen atoms in total. The highest BCUT2D eigenvalue weighted by Crippen LogP contribution is 2.11. The lowest BCUT2D eigenvalue weighted by molar-refractivity contribution is 0.0857. The van der Waals surface area contributed by atoms with Crippen LogP contribution in [0.3, 0.4) is 0 Å². The molecular weight excluding hydrogens is 230 g/mol. The van der Waals surface area contributed by atoms with E-state index in [0.717, 1.165) is 25.0 Å². The molecule has 1 saturated heterocycles. The largest absolute Gasteiger partial charge is 0.380 e. The molecule has 0 radical (unpaired) electrons. The van der Waals surface area contributed by atoms with Crippen molar-refractivity contribution >= 4 is 5.91 Å². The molecule has 1 atom stereocenters. The molecule has 1 aromatic carbocycles. The fourth-order valence-corrected chi connectivity index (χ4v) is 2.03. The molecule has 1 amide bonds. The Balaban J connectivity index is 1.83. The van der Waals surface area contributed by atoms with E-state index in [-0.39, 0.29) is 12.0 Å². The molecule has 4 heteroatoms. The topological polar surface area (TPSA) is 47.6 Å². The Morgan fingerprint density at radius 3 is 2.83 bits per heavy atom. The van der Waals surface area contributed by atoms with Crippen LogP contribution in [0.15, 0.2) is 24.3 Å². The standard InChI is InChI=1S/C14H19NO3/c1-17-10-11-4-6-12(7-5-11)14(16)15-9-13-3-2-8-18-13/h4-7,13H,2-3,8-10H2,1H3,(H,15,16)/t13-/m1/s1. The van der Waals surface area contributed by atoms with Crippen LogP contribution in [-0.4, -0.2) is 32.3 Å². The van der Waals surface area contributed by atoms with Crippen molar-refractivity contribution in [3.63, 3.8) is 0 Å². The zero-order valence-corrected chi connectivity index (χ0v) is 10.6.